The maximum atomic E-state index is 12.3. The smallest absolute Gasteiger partial charge is 0.242 e. The molecule has 1 aliphatic carbocycles. The fraction of sp³-hybridized carbons (Fsp3) is 0.471. The van der Waals surface area contributed by atoms with E-state index in [9.17, 15) is 4.79 Å². The van der Waals surface area contributed by atoms with Gasteiger partial charge in [-0.25, -0.2) is 0 Å². The topological polar surface area (TPSA) is 88.5 Å². The van der Waals surface area contributed by atoms with Crippen LogP contribution in [0, 0.1) is 0 Å². The normalized spacial score (nSPS) is 19.8. The van der Waals surface area contributed by atoms with E-state index in [-0.39, 0.29) is 5.91 Å². The summed E-state index contributed by atoms with van der Waals surface area (Å²) in [5, 5.41) is 4.70. The van der Waals surface area contributed by atoms with Crippen LogP contribution in [0.1, 0.15) is 18.7 Å². The molecule has 2 aliphatic rings. The average molecular weight is 362 g/mol. The molecule has 1 amide bonds. The lowest BCUT2D eigenvalue weighted by molar-refractivity contribution is -0.135. The van der Waals surface area contributed by atoms with Crippen molar-refractivity contribution in [1.82, 2.24) is 19.9 Å². The molecule has 0 bridgehead atoms. The molecule has 4 rings (SSSR count). The molecule has 2 fully saturated rings. The molecule has 0 spiro atoms. The van der Waals surface area contributed by atoms with E-state index >= 15 is 0 Å². The van der Waals surface area contributed by atoms with E-state index in [1.165, 1.54) is 0 Å². The van der Waals surface area contributed by atoms with E-state index in [2.05, 4.69) is 15.0 Å². The van der Waals surface area contributed by atoms with Crippen molar-refractivity contribution in [3.63, 3.8) is 0 Å². The summed E-state index contributed by atoms with van der Waals surface area (Å²) in [6.45, 7) is 3.52. The van der Waals surface area contributed by atoms with Crippen LogP contribution < -0.4 is 5.73 Å². The number of rotatable bonds is 4. The lowest BCUT2D eigenvalue weighted by atomic mass is 10.2. The van der Waals surface area contributed by atoms with Crippen molar-refractivity contribution in [3.8, 4) is 11.4 Å². The first kappa shape index (κ1) is 16.5. The monoisotopic (exact) mass is 361 g/mol. The van der Waals surface area contributed by atoms with Gasteiger partial charge in [0.15, 0.2) is 0 Å². The molecule has 1 aliphatic heterocycles. The Morgan fingerprint density at radius 3 is 2.52 bits per heavy atom. The molecule has 0 atom stereocenters. The van der Waals surface area contributed by atoms with Crippen LogP contribution in [0.4, 0.5) is 0 Å². The number of piperazine rings is 1. The first-order valence-corrected chi connectivity index (χ1v) is 8.80. The van der Waals surface area contributed by atoms with E-state index < -0.39 is 5.54 Å². The van der Waals surface area contributed by atoms with Gasteiger partial charge in [-0.3, -0.25) is 9.69 Å². The van der Waals surface area contributed by atoms with Crippen LogP contribution in [-0.4, -0.2) is 57.6 Å². The highest BCUT2D eigenvalue weighted by Crippen LogP contribution is 2.34. The van der Waals surface area contributed by atoms with Gasteiger partial charge in [-0.15, -0.1) is 0 Å². The SMILES string of the molecule is NC1(C(=O)N2CCN(Cc3nc(-c4ccc(Cl)cc4)no3)CC2)CC1. The van der Waals surface area contributed by atoms with E-state index in [4.69, 9.17) is 21.9 Å². The van der Waals surface area contributed by atoms with E-state index in [1.54, 1.807) is 12.1 Å². The number of aromatic nitrogens is 2. The molecule has 1 saturated carbocycles. The number of carbonyl (C=O) groups is 1. The standard InChI is InChI=1S/C17H20ClN5O2/c18-13-3-1-12(2-4-13)15-20-14(25-21-15)11-22-7-9-23(10-8-22)16(24)17(19)5-6-17/h1-4H,5-11,19H2. The Balaban J connectivity index is 1.33. The van der Waals surface area contributed by atoms with E-state index in [0.29, 0.717) is 36.4 Å². The minimum absolute atomic E-state index is 0.0926. The molecule has 1 aromatic heterocycles. The van der Waals surface area contributed by atoms with Gasteiger partial charge in [-0.05, 0) is 37.1 Å². The van der Waals surface area contributed by atoms with Gasteiger partial charge >= 0.3 is 0 Å². The lowest BCUT2D eigenvalue weighted by Crippen LogP contribution is -2.53. The zero-order valence-corrected chi connectivity index (χ0v) is 14.6. The molecule has 25 heavy (non-hydrogen) atoms. The minimum Gasteiger partial charge on any atom is -0.339 e. The zero-order valence-electron chi connectivity index (χ0n) is 13.8. The Bertz CT molecular complexity index is 764. The quantitative estimate of drug-likeness (QED) is 0.888. The molecule has 1 saturated heterocycles. The number of carbonyl (C=O) groups excluding carboxylic acids is 1. The van der Waals surface area contributed by atoms with Crippen LogP contribution >= 0.6 is 11.6 Å². The molecule has 0 unspecified atom stereocenters. The van der Waals surface area contributed by atoms with Gasteiger partial charge in [-0.2, -0.15) is 4.98 Å². The summed E-state index contributed by atoms with van der Waals surface area (Å²) in [6, 6.07) is 7.32. The van der Waals surface area contributed by atoms with Crippen LogP contribution in [0.5, 0.6) is 0 Å². The Hall–Kier alpha value is -1.96. The summed E-state index contributed by atoms with van der Waals surface area (Å²) >= 11 is 5.89. The number of hydrogen-bond acceptors (Lipinski definition) is 6. The van der Waals surface area contributed by atoms with Crippen LogP contribution in [0.25, 0.3) is 11.4 Å². The minimum atomic E-state index is -0.581. The van der Waals surface area contributed by atoms with Crippen molar-refractivity contribution < 1.29 is 9.32 Å². The Labute approximate surface area is 150 Å². The maximum absolute atomic E-state index is 12.3. The van der Waals surface area contributed by atoms with Crippen molar-refractivity contribution in [2.24, 2.45) is 5.73 Å². The van der Waals surface area contributed by atoms with Crippen LogP contribution in [0.3, 0.4) is 0 Å². The van der Waals surface area contributed by atoms with Crippen molar-refractivity contribution in [3.05, 3.63) is 35.2 Å². The number of amides is 1. The summed E-state index contributed by atoms with van der Waals surface area (Å²) in [5.74, 6) is 1.22. The molecular weight excluding hydrogens is 342 g/mol. The molecule has 2 N–H and O–H groups in total. The number of nitrogens with two attached hydrogens (primary N) is 1. The second kappa shape index (κ2) is 6.40. The highest BCUT2D eigenvalue weighted by Gasteiger charge is 2.48. The van der Waals surface area contributed by atoms with Crippen LogP contribution in [0.2, 0.25) is 5.02 Å². The maximum Gasteiger partial charge on any atom is 0.242 e. The van der Waals surface area contributed by atoms with Crippen LogP contribution in [-0.2, 0) is 11.3 Å². The Morgan fingerprint density at radius 2 is 1.88 bits per heavy atom. The second-order valence-corrected chi connectivity index (χ2v) is 7.18. The van der Waals surface area contributed by atoms with Crippen molar-refractivity contribution in [2.75, 3.05) is 26.2 Å². The molecule has 1 aromatic carbocycles. The number of halogens is 1. The Morgan fingerprint density at radius 1 is 1.20 bits per heavy atom. The lowest BCUT2D eigenvalue weighted by Gasteiger charge is -2.35. The highest BCUT2D eigenvalue weighted by molar-refractivity contribution is 6.30. The van der Waals surface area contributed by atoms with Crippen LogP contribution in [0.15, 0.2) is 28.8 Å². The summed E-state index contributed by atoms with van der Waals surface area (Å²) in [4.78, 5) is 20.8. The van der Waals surface area contributed by atoms with Gasteiger partial charge in [0.2, 0.25) is 17.6 Å². The first-order chi connectivity index (χ1) is 12.0. The third-order valence-electron chi connectivity index (χ3n) is 4.80. The van der Waals surface area contributed by atoms with Gasteiger partial charge in [0.05, 0.1) is 12.1 Å². The first-order valence-electron chi connectivity index (χ1n) is 8.43. The summed E-state index contributed by atoms with van der Waals surface area (Å²) in [7, 11) is 0. The van der Waals surface area contributed by atoms with Crippen molar-refractivity contribution in [1.29, 1.82) is 0 Å². The van der Waals surface area contributed by atoms with Gasteiger partial charge in [0.1, 0.15) is 0 Å². The Kier molecular flexibility index (Phi) is 4.23. The average Bonchev–Trinajstić information content (AvgIpc) is 3.21. The molecular formula is C17H20ClN5O2. The van der Waals surface area contributed by atoms with Gasteiger partial charge in [0.25, 0.3) is 0 Å². The fourth-order valence-corrected chi connectivity index (χ4v) is 3.13. The summed E-state index contributed by atoms with van der Waals surface area (Å²) in [6.07, 6.45) is 1.61. The predicted octanol–water partition coefficient (Wildman–Crippen LogP) is 1.53. The fourth-order valence-electron chi connectivity index (χ4n) is 3.00. The highest BCUT2D eigenvalue weighted by atomic mass is 35.5. The molecule has 0 radical (unpaired) electrons. The third-order valence-corrected chi connectivity index (χ3v) is 5.06. The molecule has 7 nitrogen and oxygen atoms in total. The van der Waals surface area contributed by atoms with E-state index in [1.807, 2.05) is 17.0 Å². The summed E-state index contributed by atoms with van der Waals surface area (Å²) < 4.78 is 5.35. The number of benzene rings is 1. The van der Waals surface area contributed by atoms with Crippen molar-refractivity contribution >= 4 is 17.5 Å². The summed E-state index contributed by atoms with van der Waals surface area (Å²) in [5.41, 5.74) is 6.29. The molecule has 2 heterocycles. The van der Waals surface area contributed by atoms with Gasteiger partial charge < -0.3 is 15.2 Å². The largest absolute Gasteiger partial charge is 0.339 e. The second-order valence-electron chi connectivity index (χ2n) is 6.74. The predicted molar refractivity (Wildman–Crippen MR) is 92.8 cm³/mol. The molecule has 132 valence electrons. The zero-order chi connectivity index (χ0) is 17.4. The number of hydrogen-bond donors (Lipinski definition) is 1. The van der Waals surface area contributed by atoms with Crippen molar-refractivity contribution in [2.45, 2.75) is 24.9 Å². The van der Waals surface area contributed by atoms with Gasteiger partial charge in [-0.1, -0.05) is 16.8 Å². The molecule has 8 heteroatoms. The third kappa shape index (κ3) is 3.53. The van der Waals surface area contributed by atoms with Gasteiger partial charge in [0, 0.05) is 36.8 Å². The van der Waals surface area contributed by atoms with E-state index in [0.717, 1.165) is 31.5 Å². The molecule has 2 aromatic rings. The number of nitrogens with zero attached hydrogens (tertiary/aromatic N) is 4.